The lowest BCUT2D eigenvalue weighted by molar-refractivity contribution is -0.139. The molecular weight excluding hydrogens is 491 g/mol. The number of fused-ring (bicyclic) bond motifs is 1. The number of nitrogens with one attached hydrogen (secondary N) is 1. The zero-order chi connectivity index (χ0) is 24.9. The Kier molecular flexibility index (Phi) is 5.64. The Balaban J connectivity index is 1.37. The van der Waals surface area contributed by atoms with E-state index in [1.54, 1.807) is 18.2 Å². The SMILES string of the molecule is Cc1cc(C(F)(F)F)cn2cc(-c3nc(-c4ccc(O[C@@H]5CN[C@@H](C(=O)O)C5)cc4Cl)no3)nc12. The first kappa shape index (κ1) is 23.1. The number of benzene rings is 1. The Hall–Kier alpha value is -3.64. The highest BCUT2D eigenvalue weighted by molar-refractivity contribution is 6.33. The van der Waals surface area contributed by atoms with Crippen molar-refractivity contribution in [1.82, 2.24) is 24.8 Å². The fourth-order valence-electron chi connectivity index (χ4n) is 3.89. The number of nitrogens with zero attached hydrogens (tertiary/aromatic N) is 4. The van der Waals surface area contributed by atoms with Crippen molar-refractivity contribution in [2.24, 2.45) is 0 Å². The fraction of sp³-hybridized carbons (Fsp3) is 0.273. The van der Waals surface area contributed by atoms with E-state index in [1.807, 2.05) is 0 Å². The summed E-state index contributed by atoms with van der Waals surface area (Å²) in [4.78, 5) is 19.7. The molecule has 3 aromatic heterocycles. The first-order valence-corrected chi connectivity index (χ1v) is 10.8. The average molecular weight is 508 g/mol. The minimum absolute atomic E-state index is 0.0183. The lowest BCUT2D eigenvalue weighted by Crippen LogP contribution is -2.30. The number of ether oxygens (including phenoxy) is 1. The second-order valence-corrected chi connectivity index (χ2v) is 8.51. The van der Waals surface area contributed by atoms with Crippen molar-refractivity contribution < 1.29 is 32.3 Å². The molecule has 0 bridgehead atoms. The maximum atomic E-state index is 13.1. The van der Waals surface area contributed by atoms with Gasteiger partial charge in [-0.2, -0.15) is 18.2 Å². The summed E-state index contributed by atoms with van der Waals surface area (Å²) in [6, 6.07) is 5.22. The number of alkyl halides is 3. The number of carboxylic acid groups (broad SMARTS) is 1. The van der Waals surface area contributed by atoms with Gasteiger partial charge in [0.2, 0.25) is 5.82 Å². The van der Waals surface area contributed by atoms with Gasteiger partial charge in [-0.05, 0) is 36.8 Å². The monoisotopic (exact) mass is 507 g/mol. The maximum absolute atomic E-state index is 13.1. The van der Waals surface area contributed by atoms with Gasteiger partial charge in [0.15, 0.2) is 0 Å². The van der Waals surface area contributed by atoms with Crippen molar-refractivity contribution in [3.63, 3.8) is 0 Å². The molecule has 13 heteroatoms. The quantitative estimate of drug-likeness (QED) is 0.412. The third kappa shape index (κ3) is 4.54. The van der Waals surface area contributed by atoms with Gasteiger partial charge in [-0.3, -0.25) is 4.79 Å². The molecule has 1 fully saturated rings. The van der Waals surface area contributed by atoms with Gasteiger partial charge < -0.3 is 24.1 Å². The number of hydrogen-bond acceptors (Lipinski definition) is 7. The molecular formula is C22H17ClF3N5O4. The van der Waals surface area contributed by atoms with E-state index in [9.17, 15) is 18.0 Å². The lowest BCUT2D eigenvalue weighted by Gasteiger charge is -2.13. The smallest absolute Gasteiger partial charge is 0.417 e. The van der Waals surface area contributed by atoms with Crippen molar-refractivity contribution in [3.05, 3.63) is 52.8 Å². The van der Waals surface area contributed by atoms with E-state index < -0.39 is 23.8 Å². The normalized spacial score (nSPS) is 18.3. The maximum Gasteiger partial charge on any atom is 0.417 e. The molecule has 2 atom stereocenters. The van der Waals surface area contributed by atoms with Crippen molar-refractivity contribution in [3.8, 4) is 28.7 Å². The van der Waals surface area contributed by atoms with Crippen LogP contribution in [0.15, 0.2) is 41.2 Å². The molecule has 0 saturated carbocycles. The van der Waals surface area contributed by atoms with Crippen LogP contribution in [-0.2, 0) is 11.0 Å². The number of halogens is 4. The molecule has 1 aliphatic rings. The van der Waals surface area contributed by atoms with Gasteiger partial charge in [-0.25, -0.2) is 4.98 Å². The second kappa shape index (κ2) is 8.54. The summed E-state index contributed by atoms with van der Waals surface area (Å²) in [7, 11) is 0. The zero-order valence-electron chi connectivity index (χ0n) is 18.0. The van der Waals surface area contributed by atoms with Gasteiger partial charge in [0.25, 0.3) is 5.89 Å². The summed E-state index contributed by atoms with van der Waals surface area (Å²) < 4.78 is 51.7. The van der Waals surface area contributed by atoms with E-state index in [4.69, 9.17) is 26.0 Å². The molecule has 5 rings (SSSR count). The number of aliphatic carboxylic acids is 1. The third-order valence-electron chi connectivity index (χ3n) is 5.58. The summed E-state index contributed by atoms with van der Waals surface area (Å²) in [5.41, 5.74) is 0.541. The molecule has 0 amide bonds. The Morgan fingerprint density at radius 2 is 2.09 bits per heavy atom. The molecule has 0 unspecified atom stereocenters. The predicted molar refractivity (Wildman–Crippen MR) is 117 cm³/mol. The fourth-order valence-corrected chi connectivity index (χ4v) is 4.14. The van der Waals surface area contributed by atoms with Gasteiger partial charge in [0, 0.05) is 30.9 Å². The number of imidazole rings is 1. The van der Waals surface area contributed by atoms with Gasteiger partial charge in [0.05, 0.1) is 10.6 Å². The average Bonchev–Trinajstić information content (AvgIpc) is 3.52. The Bertz CT molecular complexity index is 1430. The van der Waals surface area contributed by atoms with Crippen LogP contribution in [0.1, 0.15) is 17.5 Å². The number of carboxylic acids is 1. The summed E-state index contributed by atoms with van der Waals surface area (Å²) in [5, 5.41) is 16.1. The number of aryl methyl sites for hydroxylation is 1. The number of carbonyl (C=O) groups is 1. The molecule has 9 nitrogen and oxygen atoms in total. The summed E-state index contributed by atoms with van der Waals surface area (Å²) in [6.45, 7) is 1.93. The van der Waals surface area contributed by atoms with Crippen LogP contribution in [0.2, 0.25) is 5.02 Å². The highest BCUT2D eigenvalue weighted by Crippen LogP contribution is 2.33. The summed E-state index contributed by atoms with van der Waals surface area (Å²) >= 11 is 6.39. The molecule has 0 spiro atoms. The molecule has 0 radical (unpaired) electrons. The molecule has 2 N–H and O–H groups in total. The molecule has 182 valence electrons. The van der Waals surface area contributed by atoms with Gasteiger partial charge in [-0.1, -0.05) is 16.8 Å². The van der Waals surface area contributed by atoms with E-state index in [-0.39, 0.29) is 28.5 Å². The van der Waals surface area contributed by atoms with Crippen molar-refractivity contribution in [2.45, 2.75) is 31.7 Å². The van der Waals surface area contributed by atoms with Gasteiger partial charge in [-0.15, -0.1) is 0 Å². The minimum Gasteiger partial charge on any atom is -0.489 e. The Labute approximate surface area is 200 Å². The van der Waals surface area contributed by atoms with E-state index in [0.717, 1.165) is 12.3 Å². The van der Waals surface area contributed by atoms with Crippen LogP contribution < -0.4 is 10.1 Å². The number of rotatable bonds is 5. The first-order valence-electron chi connectivity index (χ1n) is 10.4. The van der Waals surface area contributed by atoms with E-state index in [0.29, 0.717) is 35.5 Å². The van der Waals surface area contributed by atoms with Crippen molar-refractivity contribution in [2.75, 3.05) is 6.54 Å². The minimum atomic E-state index is -4.49. The van der Waals surface area contributed by atoms with Crippen molar-refractivity contribution in [1.29, 1.82) is 0 Å². The van der Waals surface area contributed by atoms with Crippen LogP contribution in [0.25, 0.3) is 28.6 Å². The largest absolute Gasteiger partial charge is 0.489 e. The Morgan fingerprint density at radius 1 is 1.29 bits per heavy atom. The highest BCUT2D eigenvalue weighted by Gasteiger charge is 2.32. The standard InChI is InChI=1S/C22H17ClF3N5O4/c1-10-4-11(22(24,25)26)8-31-9-17(28-19(10)31)20-29-18(30-35-20)14-3-2-12(5-15(14)23)34-13-6-16(21(32)33)27-7-13/h2-5,8-9,13,16,27H,6-7H2,1H3,(H,32,33)/t13-,16+/m0/s1. The van der Waals surface area contributed by atoms with Crippen LogP contribution in [0.5, 0.6) is 5.75 Å². The number of pyridine rings is 1. The Morgan fingerprint density at radius 3 is 2.77 bits per heavy atom. The third-order valence-corrected chi connectivity index (χ3v) is 5.89. The van der Waals surface area contributed by atoms with Gasteiger partial charge in [0.1, 0.15) is 29.2 Å². The molecule has 4 heterocycles. The van der Waals surface area contributed by atoms with Crippen LogP contribution in [0, 0.1) is 6.92 Å². The van der Waals surface area contributed by atoms with Crippen LogP contribution in [0.3, 0.4) is 0 Å². The molecule has 1 aliphatic heterocycles. The van der Waals surface area contributed by atoms with Crippen LogP contribution in [-0.4, -0.2) is 49.3 Å². The van der Waals surface area contributed by atoms with E-state index in [2.05, 4.69) is 20.4 Å². The molecule has 4 aromatic rings. The summed E-state index contributed by atoms with van der Waals surface area (Å²) in [5.74, 6) is -0.296. The lowest BCUT2D eigenvalue weighted by atomic mass is 10.2. The van der Waals surface area contributed by atoms with Gasteiger partial charge >= 0.3 is 12.1 Å². The first-order chi connectivity index (χ1) is 16.6. The van der Waals surface area contributed by atoms with E-state index in [1.165, 1.54) is 17.5 Å². The zero-order valence-corrected chi connectivity index (χ0v) is 18.8. The predicted octanol–water partition coefficient (Wildman–Crippen LogP) is 4.23. The van der Waals surface area contributed by atoms with Crippen LogP contribution >= 0.6 is 11.6 Å². The highest BCUT2D eigenvalue weighted by atomic mass is 35.5. The molecule has 1 aromatic carbocycles. The number of hydrogen-bond donors (Lipinski definition) is 2. The topological polar surface area (TPSA) is 115 Å². The molecule has 35 heavy (non-hydrogen) atoms. The van der Waals surface area contributed by atoms with Crippen LogP contribution in [0.4, 0.5) is 13.2 Å². The van der Waals surface area contributed by atoms with E-state index >= 15 is 0 Å². The second-order valence-electron chi connectivity index (χ2n) is 8.11. The summed E-state index contributed by atoms with van der Waals surface area (Å²) in [6.07, 6.45) is -2.14. The molecule has 0 aliphatic carbocycles. The number of aromatic nitrogens is 4. The molecule has 1 saturated heterocycles. The van der Waals surface area contributed by atoms with Crippen molar-refractivity contribution >= 4 is 23.2 Å².